The van der Waals surface area contributed by atoms with Crippen LogP contribution in [0.5, 0.6) is 0 Å². The molecule has 104 valence electrons. The molecule has 0 spiro atoms. The van der Waals surface area contributed by atoms with Crippen LogP contribution >= 0.6 is 0 Å². The van der Waals surface area contributed by atoms with Crippen LogP contribution in [-0.2, 0) is 6.54 Å². The summed E-state index contributed by atoms with van der Waals surface area (Å²) in [7, 11) is 0. The van der Waals surface area contributed by atoms with Crippen molar-refractivity contribution < 1.29 is 17.0 Å². The standard InChI is InChI=1S/C16H28N.ClH/c1-2-3-4-5-6-7-8-9-11-14-17-15-12-10-13-16-17;/h10,12-13,15-16H,2-9,11,14H2,1H3;1H/q+1;/p-1. The molecule has 1 aromatic rings. The second kappa shape index (κ2) is 12.9. The number of rotatable bonds is 10. The second-order valence-corrected chi connectivity index (χ2v) is 4.94. The van der Waals surface area contributed by atoms with Gasteiger partial charge < -0.3 is 12.4 Å². The fraction of sp³-hybridized carbons (Fsp3) is 0.688. The SMILES string of the molecule is CCCCCCCCCCC[n+]1ccccc1.[Cl-]. The molecule has 0 bridgehead atoms. The predicted molar refractivity (Wildman–Crippen MR) is 73.9 cm³/mol. The molecule has 0 unspecified atom stereocenters. The molecule has 1 rings (SSSR count). The van der Waals surface area contributed by atoms with Crippen LogP contribution in [0.3, 0.4) is 0 Å². The van der Waals surface area contributed by atoms with Gasteiger partial charge in [-0.05, 0) is 6.42 Å². The van der Waals surface area contributed by atoms with E-state index in [9.17, 15) is 0 Å². The molecule has 0 aliphatic heterocycles. The molecule has 1 nitrogen and oxygen atoms in total. The number of nitrogens with zero attached hydrogens (tertiary/aromatic N) is 1. The van der Waals surface area contributed by atoms with Crippen LogP contribution in [0.1, 0.15) is 64.7 Å². The molecular weight excluding hydrogens is 242 g/mol. The van der Waals surface area contributed by atoms with Crippen LogP contribution in [0, 0.1) is 0 Å². The summed E-state index contributed by atoms with van der Waals surface area (Å²) in [5.41, 5.74) is 0. The van der Waals surface area contributed by atoms with Crippen molar-refractivity contribution in [2.45, 2.75) is 71.3 Å². The minimum Gasteiger partial charge on any atom is -1.00 e. The summed E-state index contributed by atoms with van der Waals surface area (Å²) >= 11 is 0. The van der Waals surface area contributed by atoms with Crippen molar-refractivity contribution in [1.29, 1.82) is 0 Å². The second-order valence-electron chi connectivity index (χ2n) is 4.94. The maximum atomic E-state index is 2.28. The third-order valence-corrected chi connectivity index (χ3v) is 3.30. The van der Waals surface area contributed by atoms with Gasteiger partial charge in [0, 0.05) is 18.6 Å². The lowest BCUT2D eigenvalue weighted by Gasteiger charge is -2.00. The summed E-state index contributed by atoms with van der Waals surface area (Å²) < 4.78 is 2.28. The molecule has 0 saturated heterocycles. The number of hydrogen-bond donors (Lipinski definition) is 0. The third kappa shape index (κ3) is 9.47. The van der Waals surface area contributed by atoms with E-state index in [0.29, 0.717) is 0 Å². The zero-order chi connectivity index (χ0) is 12.2. The normalized spacial score (nSPS) is 10.1. The van der Waals surface area contributed by atoms with Gasteiger partial charge in [-0.2, -0.15) is 0 Å². The third-order valence-electron chi connectivity index (χ3n) is 3.30. The predicted octanol–water partition coefficient (Wildman–Crippen LogP) is 1.51. The fourth-order valence-corrected chi connectivity index (χ4v) is 2.19. The molecule has 0 fully saturated rings. The minimum absolute atomic E-state index is 0. The maximum Gasteiger partial charge on any atom is 0.168 e. The molecule has 2 heteroatoms. The van der Waals surface area contributed by atoms with Crippen molar-refractivity contribution in [3.63, 3.8) is 0 Å². The van der Waals surface area contributed by atoms with E-state index in [1.165, 1.54) is 64.3 Å². The van der Waals surface area contributed by atoms with Gasteiger partial charge in [0.05, 0.1) is 0 Å². The lowest BCUT2D eigenvalue weighted by Crippen LogP contribution is -3.00. The molecule has 1 heterocycles. The average Bonchev–Trinajstić information content (AvgIpc) is 2.38. The first-order valence-electron chi connectivity index (χ1n) is 7.37. The van der Waals surface area contributed by atoms with E-state index in [4.69, 9.17) is 0 Å². The summed E-state index contributed by atoms with van der Waals surface area (Å²) in [4.78, 5) is 0. The number of unbranched alkanes of at least 4 members (excludes halogenated alkanes) is 8. The van der Waals surface area contributed by atoms with Crippen LogP contribution in [0.4, 0.5) is 0 Å². The van der Waals surface area contributed by atoms with E-state index < -0.39 is 0 Å². The summed E-state index contributed by atoms with van der Waals surface area (Å²) in [6, 6.07) is 6.29. The van der Waals surface area contributed by atoms with E-state index in [0.717, 1.165) is 0 Å². The number of pyridine rings is 1. The topological polar surface area (TPSA) is 3.88 Å². The molecule has 0 amide bonds. The van der Waals surface area contributed by atoms with E-state index in [2.05, 4.69) is 42.1 Å². The number of hydrogen-bond acceptors (Lipinski definition) is 0. The van der Waals surface area contributed by atoms with Gasteiger partial charge in [0.2, 0.25) is 0 Å². The van der Waals surface area contributed by atoms with Gasteiger partial charge >= 0.3 is 0 Å². The van der Waals surface area contributed by atoms with Gasteiger partial charge in [-0.15, -0.1) is 0 Å². The Morgan fingerprint density at radius 1 is 0.667 bits per heavy atom. The maximum absolute atomic E-state index is 2.28. The summed E-state index contributed by atoms with van der Waals surface area (Å²) in [6.45, 7) is 3.46. The highest BCUT2D eigenvalue weighted by Crippen LogP contribution is 2.09. The molecule has 0 atom stereocenters. The Kier molecular flexibility index (Phi) is 12.5. The summed E-state index contributed by atoms with van der Waals surface area (Å²) in [5, 5.41) is 0. The zero-order valence-electron chi connectivity index (χ0n) is 11.8. The zero-order valence-corrected chi connectivity index (χ0v) is 12.5. The Balaban J connectivity index is 0.00000289. The van der Waals surface area contributed by atoms with Crippen molar-refractivity contribution in [3.8, 4) is 0 Å². The molecule has 18 heavy (non-hydrogen) atoms. The van der Waals surface area contributed by atoms with Gasteiger partial charge in [-0.3, -0.25) is 0 Å². The molecule has 0 aliphatic rings. The summed E-state index contributed by atoms with van der Waals surface area (Å²) in [5.74, 6) is 0. The number of aromatic nitrogens is 1. The molecule has 0 aromatic carbocycles. The first kappa shape index (κ1) is 17.4. The van der Waals surface area contributed by atoms with Crippen LogP contribution in [0.15, 0.2) is 30.6 Å². The van der Waals surface area contributed by atoms with Crippen LogP contribution in [-0.4, -0.2) is 0 Å². The highest BCUT2D eigenvalue weighted by atomic mass is 35.5. The quantitative estimate of drug-likeness (QED) is 0.448. The fourth-order valence-electron chi connectivity index (χ4n) is 2.19. The van der Waals surface area contributed by atoms with Crippen LogP contribution in [0.2, 0.25) is 0 Å². The van der Waals surface area contributed by atoms with Crippen molar-refractivity contribution in [2.24, 2.45) is 0 Å². The Bertz CT molecular complexity index is 261. The Hall–Kier alpha value is -0.560. The Morgan fingerprint density at radius 2 is 1.17 bits per heavy atom. The van der Waals surface area contributed by atoms with Crippen molar-refractivity contribution in [3.05, 3.63) is 30.6 Å². The summed E-state index contributed by atoms with van der Waals surface area (Å²) in [6.07, 6.45) is 17.0. The Morgan fingerprint density at radius 3 is 1.72 bits per heavy atom. The van der Waals surface area contributed by atoms with Crippen molar-refractivity contribution in [1.82, 2.24) is 0 Å². The van der Waals surface area contributed by atoms with E-state index >= 15 is 0 Å². The van der Waals surface area contributed by atoms with Crippen LogP contribution in [0.25, 0.3) is 0 Å². The average molecular weight is 270 g/mol. The molecule has 0 N–H and O–H groups in total. The van der Waals surface area contributed by atoms with Gasteiger partial charge in [0.15, 0.2) is 12.4 Å². The molecule has 0 aliphatic carbocycles. The smallest absolute Gasteiger partial charge is 0.168 e. The van der Waals surface area contributed by atoms with E-state index in [1.54, 1.807) is 0 Å². The molecule has 0 radical (unpaired) electrons. The highest BCUT2D eigenvalue weighted by Gasteiger charge is 1.97. The van der Waals surface area contributed by atoms with E-state index in [-0.39, 0.29) is 12.4 Å². The van der Waals surface area contributed by atoms with E-state index in [1.807, 2.05) is 0 Å². The lowest BCUT2D eigenvalue weighted by molar-refractivity contribution is -0.697. The molecule has 0 saturated carbocycles. The van der Waals surface area contributed by atoms with Gasteiger partial charge in [-0.25, -0.2) is 4.57 Å². The largest absolute Gasteiger partial charge is 1.00 e. The first-order valence-corrected chi connectivity index (χ1v) is 7.37. The molecular formula is C16H28ClN. The number of aryl methyl sites for hydroxylation is 1. The van der Waals surface area contributed by atoms with Gasteiger partial charge in [-0.1, -0.05) is 57.9 Å². The lowest BCUT2D eigenvalue weighted by atomic mass is 10.1. The monoisotopic (exact) mass is 269 g/mol. The van der Waals surface area contributed by atoms with Crippen LogP contribution < -0.4 is 17.0 Å². The van der Waals surface area contributed by atoms with Crippen molar-refractivity contribution in [2.75, 3.05) is 0 Å². The number of halogens is 1. The van der Waals surface area contributed by atoms with Crippen molar-refractivity contribution >= 4 is 0 Å². The Labute approximate surface area is 119 Å². The minimum atomic E-state index is 0. The first-order chi connectivity index (χ1) is 8.43. The molecule has 1 aromatic heterocycles. The highest BCUT2D eigenvalue weighted by molar-refractivity contribution is 4.83. The van der Waals surface area contributed by atoms with Gasteiger partial charge in [0.1, 0.15) is 6.54 Å². The van der Waals surface area contributed by atoms with Gasteiger partial charge in [0.25, 0.3) is 0 Å².